The van der Waals surface area contributed by atoms with Crippen molar-refractivity contribution < 1.29 is 0 Å². The molecule has 104 valence electrons. The molecule has 0 amide bonds. The predicted molar refractivity (Wildman–Crippen MR) is 85.7 cm³/mol. The lowest BCUT2D eigenvalue weighted by Gasteiger charge is -2.32. The first-order valence-electron chi connectivity index (χ1n) is 7.14. The molecule has 2 aromatic rings. The van der Waals surface area contributed by atoms with E-state index in [-0.39, 0.29) is 0 Å². The van der Waals surface area contributed by atoms with Crippen molar-refractivity contribution in [3.8, 4) is 11.3 Å². The number of aromatic nitrogens is 2. The zero-order chi connectivity index (χ0) is 13.9. The molecule has 0 aliphatic carbocycles. The van der Waals surface area contributed by atoms with Crippen molar-refractivity contribution in [2.75, 3.05) is 13.1 Å². The second kappa shape index (κ2) is 5.75. The van der Waals surface area contributed by atoms with Gasteiger partial charge in [0.15, 0.2) is 0 Å². The van der Waals surface area contributed by atoms with Crippen molar-refractivity contribution in [3.05, 3.63) is 42.1 Å². The van der Waals surface area contributed by atoms with Gasteiger partial charge in [-0.2, -0.15) is 5.10 Å². The summed E-state index contributed by atoms with van der Waals surface area (Å²) in [5.41, 5.74) is 3.20. The van der Waals surface area contributed by atoms with E-state index in [0.717, 1.165) is 40.8 Å². The monoisotopic (exact) mass is 285 g/mol. The minimum atomic E-state index is 0.812. The van der Waals surface area contributed by atoms with Gasteiger partial charge in [-0.25, -0.2) is 0 Å². The van der Waals surface area contributed by atoms with Gasteiger partial charge in [0.1, 0.15) is 4.99 Å². The van der Waals surface area contributed by atoms with Crippen molar-refractivity contribution in [1.29, 1.82) is 0 Å². The highest BCUT2D eigenvalue weighted by Gasteiger charge is 2.21. The fraction of sp³-hybridized carbons (Fsp3) is 0.375. The van der Waals surface area contributed by atoms with Crippen LogP contribution in [0.3, 0.4) is 0 Å². The predicted octanol–water partition coefficient (Wildman–Crippen LogP) is 3.48. The number of hydrogen-bond donors (Lipinski definition) is 1. The first-order chi connectivity index (χ1) is 9.75. The Morgan fingerprint density at radius 2 is 1.95 bits per heavy atom. The van der Waals surface area contributed by atoms with E-state index in [1.165, 1.54) is 12.8 Å². The average Bonchev–Trinajstić information content (AvgIpc) is 2.97. The van der Waals surface area contributed by atoms with Crippen LogP contribution in [0.4, 0.5) is 0 Å². The van der Waals surface area contributed by atoms with Gasteiger partial charge in [-0.3, -0.25) is 5.10 Å². The van der Waals surface area contributed by atoms with E-state index >= 15 is 0 Å². The zero-order valence-corrected chi connectivity index (χ0v) is 12.5. The number of likely N-dealkylation sites (tertiary alicyclic amines) is 1. The zero-order valence-electron chi connectivity index (χ0n) is 11.7. The number of H-pyrrole nitrogens is 1. The Labute approximate surface area is 125 Å². The highest BCUT2D eigenvalue weighted by Crippen LogP contribution is 2.25. The van der Waals surface area contributed by atoms with Gasteiger partial charge < -0.3 is 4.90 Å². The molecule has 20 heavy (non-hydrogen) atoms. The molecule has 0 atom stereocenters. The fourth-order valence-corrected chi connectivity index (χ4v) is 2.99. The van der Waals surface area contributed by atoms with E-state index in [9.17, 15) is 0 Å². The average molecular weight is 285 g/mol. The molecule has 3 nitrogen and oxygen atoms in total. The quantitative estimate of drug-likeness (QED) is 0.857. The summed E-state index contributed by atoms with van der Waals surface area (Å²) in [7, 11) is 0. The Hall–Kier alpha value is -1.68. The number of nitrogens with one attached hydrogen (secondary N) is 1. The smallest absolute Gasteiger partial charge is 0.113 e. The summed E-state index contributed by atoms with van der Waals surface area (Å²) in [6.07, 6.45) is 4.29. The van der Waals surface area contributed by atoms with E-state index in [0.29, 0.717) is 0 Å². The van der Waals surface area contributed by atoms with Gasteiger partial charge in [0.25, 0.3) is 0 Å². The molecule has 0 unspecified atom stereocenters. The van der Waals surface area contributed by atoms with Crippen molar-refractivity contribution >= 4 is 17.2 Å². The van der Waals surface area contributed by atoms with Gasteiger partial charge in [-0.1, -0.05) is 49.5 Å². The number of hydrogen-bond acceptors (Lipinski definition) is 2. The van der Waals surface area contributed by atoms with E-state index in [2.05, 4.69) is 34.2 Å². The molecule has 1 aromatic heterocycles. The Morgan fingerprint density at radius 3 is 2.65 bits per heavy atom. The van der Waals surface area contributed by atoms with E-state index < -0.39 is 0 Å². The van der Waals surface area contributed by atoms with Crippen LogP contribution in [0.1, 0.15) is 25.3 Å². The standard InChI is InChI=1S/C16H19N3S/c1-12-7-9-19(10-8-12)16(20)14-11-17-18-15(14)13-5-3-2-4-6-13/h2-6,11-12H,7-10H2,1H3,(H,17,18). The van der Waals surface area contributed by atoms with Crippen molar-refractivity contribution in [2.45, 2.75) is 19.8 Å². The van der Waals surface area contributed by atoms with Gasteiger partial charge in [0.2, 0.25) is 0 Å². The number of nitrogens with zero attached hydrogens (tertiary/aromatic N) is 2. The Bertz CT molecular complexity index is 583. The first-order valence-corrected chi connectivity index (χ1v) is 7.54. The molecule has 1 aliphatic rings. The molecule has 0 saturated carbocycles. The third-order valence-corrected chi connectivity index (χ3v) is 4.48. The summed E-state index contributed by atoms with van der Waals surface area (Å²) in [4.78, 5) is 3.23. The van der Waals surface area contributed by atoms with Crippen LogP contribution in [-0.4, -0.2) is 33.2 Å². The number of piperidine rings is 1. The molecule has 0 bridgehead atoms. The highest BCUT2D eigenvalue weighted by atomic mass is 32.1. The summed E-state index contributed by atoms with van der Waals surface area (Å²) in [6.45, 7) is 4.42. The molecular formula is C16H19N3S. The number of thiocarbonyl (C=S) groups is 1. The summed E-state index contributed by atoms with van der Waals surface area (Å²) < 4.78 is 0. The van der Waals surface area contributed by atoms with Crippen LogP contribution < -0.4 is 0 Å². The number of rotatable bonds is 2. The molecular weight excluding hydrogens is 266 g/mol. The molecule has 1 aliphatic heterocycles. The maximum absolute atomic E-state index is 5.69. The molecule has 1 aromatic carbocycles. The van der Waals surface area contributed by atoms with Crippen LogP contribution in [0.5, 0.6) is 0 Å². The van der Waals surface area contributed by atoms with Gasteiger partial charge in [-0.05, 0) is 18.8 Å². The van der Waals surface area contributed by atoms with Crippen LogP contribution in [0.15, 0.2) is 36.5 Å². The second-order valence-corrected chi connectivity index (χ2v) is 5.89. The number of benzene rings is 1. The molecule has 2 heterocycles. The Kier molecular flexibility index (Phi) is 3.83. The van der Waals surface area contributed by atoms with Gasteiger partial charge in [0, 0.05) is 18.7 Å². The van der Waals surface area contributed by atoms with Crippen molar-refractivity contribution in [2.24, 2.45) is 5.92 Å². The summed E-state index contributed by atoms with van der Waals surface area (Å²) in [5, 5.41) is 7.28. The third kappa shape index (κ3) is 2.61. The summed E-state index contributed by atoms with van der Waals surface area (Å²) in [6, 6.07) is 10.2. The van der Waals surface area contributed by atoms with Crippen LogP contribution in [0, 0.1) is 5.92 Å². The molecule has 0 radical (unpaired) electrons. The van der Waals surface area contributed by atoms with E-state index in [1.807, 2.05) is 24.4 Å². The SMILES string of the molecule is CC1CCN(C(=S)c2cn[nH]c2-c2ccccc2)CC1. The lowest BCUT2D eigenvalue weighted by molar-refractivity contribution is 0.284. The number of aromatic amines is 1. The maximum atomic E-state index is 5.69. The highest BCUT2D eigenvalue weighted by molar-refractivity contribution is 7.80. The molecule has 1 N–H and O–H groups in total. The Morgan fingerprint density at radius 1 is 1.25 bits per heavy atom. The van der Waals surface area contributed by atoms with Gasteiger partial charge in [-0.15, -0.1) is 0 Å². The summed E-state index contributed by atoms with van der Waals surface area (Å²) >= 11 is 5.69. The normalized spacial score (nSPS) is 16.4. The Balaban J connectivity index is 1.85. The van der Waals surface area contributed by atoms with Gasteiger partial charge in [0.05, 0.1) is 17.5 Å². The van der Waals surface area contributed by atoms with Gasteiger partial charge >= 0.3 is 0 Å². The van der Waals surface area contributed by atoms with E-state index in [1.54, 1.807) is 0 Å². The molecule has 3 rings (SSSR count). The molecule has 1 saturated heterocycles. The van der Waals surface area contributed by atoms with Crippen LogP contribution in [0.25, 0.3) is 11.3 Å². The summed E-state index contributed by atoms with van der Waals surface area (Å²) in [5.74, 6) is 0.812. The third-order valence-electron chi connectivity index (χ3n) is 4.00. The first kappa shape index (κ1) is 13.3. The van der Waals surface area contributed by atoms with E-state index in [4.69, 9.17) is 12.2 Å². The van der Waals surface area contributed by atoms with Crippen molar-refractivity contribution in [1.82, 2.24) is 15.1 Å². The lowest BCUT2D eigenvalue weighted by Crippen LogP contribution is -2.37. The van der Waals surface area contributed by atoms with Crippen LogP contribution in [-0.2, 0) is 0 Å². The van der Waals surface area contributed by atoms with Crippen LogP contribution in [0.2, 0.25) is 0 Å². The molecule has 4 heteroatoms. The maximum Gasteiger partial charge on any atom is 0.113 e. The fourth-order valence-electron chi connectivity index (χ4n) is 2.66. The minimum absolute atomic E-state index is 0.812. The second-order valence-electron chi connectivity index (χ2n) is 5.50. The topological polar surface area (TPSA) is 31.9 Å². The largest absolute Gasteiger partial charge is 0.362 e. The van der Waals surface area contributed by atoms with Crippen molar-refractivity contribution in [3.63, 3.8) is 0 Å². The lowest BCUT2D eigenvalue weighted by atomic mass is 9.98. The van der Waals surface area contributed by atoms with Crippen LogP contribution >= 0.6 is 12.2 Å². The molecule has 0 spiro atoms. The molecule has 1 fully saturated rings. The minimum Gasteiger partial charge on any atom is -0.362 e.